The number of nitrogens with zero attached hydrogens (tertiary/aromatic N) is 2. The minimum absolute atomic E-state index is 0.0653. The van der Waals surface area contributed by atoms with Crippen LogP contribution in [0.25, 0.3) is 0 Å². The highest BCUT2D eigenvalue weighted by Gasteiger charge is 2.40. The Bertz CT molecular complexity index is 673. The van der Waals surface area contributed by atoms with Crippen molar-refractivity contribution in [3.05, 3.63) is 28.3 Å². The first-order chi connectivity index (χ1) is 12.6. The van der Waals surface area contributed by atoms with Crippen molar-refractivity contribution in [1.29, 1.82) is 0 Å². The molecule has 1 aromatic heterocycles. The van der Waals surface area contributed by atoms with E-state index in [0.717, 1.165) is 25.9 Å². The van der Waals surface area contributed by atoms with Crippen molar-refractivity contribution in [2.45, 2.75) is 56.9 Å². The second-order valence-electron chi connectivity index (χ2n) is 7.67. The van der Waals surface area contributed by atoms with Gasteiger partial charge >= 0.3 is 0 Å². The van der Waals surface area contributed by atoms with Gasteiger partial charge in [-0.3, -0.25) is 14.5 Å². The third-order valence-corrected chi connectivity index (χ3v) is 5.92. The molecule has 144 valence electrons. The fraction of sp³-hybridized carbons (Fsp3) is 0.700. The van der Waals surface area contributed by atoms with E-state index in [-0.39, 0.29) is 28.4 Å². The topological polar surface area (TPSA) is 63.0 Å². The number of carbonyl (C=O) groups is 1. The Kier molecular flexibility index (Phi) is 6.01. The highest BCUT2D eigenvalue weighted by Crippen LogP contribution is 2.36. The predicted molar refractivity (Wildman–Crippen MR) is 99.7 cm³/mol. The summed E-state index contributed by atoms with van der Waals surface area (Å²) in [4.78, 5) is 29.1. The van der Waals surface area contributed by atoms with Crippen molar-refractivity contribution in [1.82, 2.24) is 9.80 Å². The van der Waals surface area contributed by atoms with Crippen LogP contribution in [0.1, 0.15) is 61.9 Å². The van der Waals surface area contributed by atoms with Crippen LogP contribution < -0.4 is 10.2 Å². The Morgan fingerprint density at radius 2 is 1.85 bits per heavy atom. The SMILES string of the molecule is COc1coc(C(=O)N(C)CC2(N3CCCCC3)CCCCC2)cc1=O. The maximum absolute atomic E-state index is 12.8. The van der Waals surface area contributed by atoms with Crippen molar-refractivity contribution in [3.8, 4) is 5.75 Å². The Morgan fingerprint density at radius 3 is 2.46 bits per heavy atom. The van der Waals surface area contributed by atoms with Gasteiger partial charge in [-0.25, -0.2) is 0 Å². The van der Waals surface area contributed by atoms with Crippen LogP contribution in [0.5, 0.6) is 5.75 Å². The smallest absolute Gasteiger partial charge is 0.289 e. The van der Waals surface area contributed by atoms with Gasteiger partial charge in [0.1, 0.15) is 6.26 Å². The molecule has 2 aliphatic rings. The maximum atomic E-state index is 12.8. The van der Waals surface area contributed by atoms with Gasteiger partial charge in [-0.1, -0.05) is 25.7 Å². The van der Waals surface area contributed by atoms with Crippen LogP contribution in [-0.4, -0.2) is 55.0 Å². The third-order valence-electron chi connectivity index (χ3n) is 5.92. The van der Waals surface area contributed by atoms with Crippen LogP contribution >= 0.6 is 0 Å². The second-order valence-corrected chi connectivity index (χ2v) is 7.67. The van der Waals surface area contributed by atoms with Crippen molar-refractivity contribution in [2.24, 2.45) is 0 Å². The summed E-state index contributed by atoms with van der Waals surface area (Å²) in [5.41, 5.74) is -0.269. The van der Waals surface area contributed by atoms with Gasteiger partial charge in [0, 0.05) is 25.2 Å². The minimum atomic E-state index is -0.334. The van der Waals surface area contributed by atoms with E-state index in [4.69, 9.17) is 9.15 Å². The number of methoxy groups -OCH3 is 1. The van der Waals surface area contributed by atoms with Gasteiger partial charge in [0.15, 0.2) is 5.76 Å². The molecule has 0 atom stereocenters. The molecule has 0 bridgehead atoms. The molecule has 1 aliphatic carbocycles. The van der Waals surface area contributed by atoms with Gasteiger partial charge in [0.05, 0.1) is 7.11 Å². The van der Waals surface area contributed by atoms with E-state index >= 15 is 0 Å². The fourth-order valence-corrected chi connectivity index (χ4v) is 4.51. The zero-order valence-corrected chi connectivity index (χ0v) is 16.0. The van der Waals surface area contributed by atoms with E-state index in [0.29, 0.717) is 6.54 Å². The summed E-state index contributed by atoms with van der Waals surface area (Å²) in [6.07, 6.45) is 11.0. The third kappa shape index (κ3) is 3.95. The fourth-order valence-electron chi connectivity index (χ4n) is 4.51. The van der Waals surface area contributed by atoms with Crippen molar-refractivity contribution in [2.75, 3.05) is 33.8 Å². The molecule has 1 aromatic rings. The average Bonchev–Trinajstić information content (AvgIpc) is 2.68. The van der Waals surface area contributed by atoms with Gasteiger partial charge in [-0.05, 0) is 38.8 Å². The lowest BCUT2D eigenvalue weighted by atomic mass is 9.78. The lowest BCUT2D eigenvalue weighted by molar-refractivity contribution is 0.00905. The average molecular weight is 362 g/mol. The van der Waals surface area contributed by atoms with Crippen molar-refractivity contribution >= 4 is 5.91 Å². The van der Waals surface area contributed by atoms with Crippen LogP contribution in [0.3, 0.4) is 0 Å². The minimum Gasteiger partial charge on any atom is -0.490 e. The molecular formula is C20H30N2O4. The second kappa shape index (κ2) is 8.25. The van der Waals surface area contributed by atoms with Gasteiger partial charge in [0.2, 0.25) is 11.2 Å². The van der Waals surface area contributed by atoms with Crippen LogP contribution in [0, 0.1) is 0 Å². The number of ether oxygens (including phenoxy) is 1. The van der Waals surface area contributed by atoms with E-state index in [1.54, 1.807) is 4.90 Å². The molecule has 2 heterocycles. The van der Waals surface area contributed by atoms with E-state index in [1.807, 2.05) is 7.05 Å². The zero-order chi connectivity index (χ0) is 18.6. The quantitative estimate of drug-likeness (QED) is 0.806. The standard InChI is InChI=1S/C20H30N2O4/c1-21(19(24)17-13-16(23)18(25-2)14-26-17)15-20(9-5-3-6-10-20)22-11-7-4-8-12-22/h13-14H,3-12,15H2,1-2H3. The van der Waals surface area contributed by atoms with E-state index in [1.165, 1.54) is 58.0 Å². The van der Waals surface area contributed by atoms with Crippen LogP contribution in [0.15, 0.2) is 21.5 Å². The molecule has 2 fully saturated rings. The van der Waals surface area contributed by atoms with E-state index < -0.39 is 0 Å². The number of piperidine rings is 1. The summed E-state index contributed by atoms with van der Waals surface area (Å²) in [5.74, 6) is -0.0594. The van der Waals surface area contributed by atoms with E-state index in [2.05, 4.69) is 4.90 Å². The number of likely N-dealkylation sites (N-methyl/N-ethyl adjacent to an activating group) is 1. The Hall–Kier alpha value is -1.82. The van der Waals surface area contributed by atoms with Gasteiger partial charge in [0.25, 0.3) is 5.91 Å². The monoisotopic (exact) mass is 362 g/mol. The summed E-state index contributed by atoms with van der Waals surface area (Å²) >= 11 is 0. The number of carbonyl (C=O) groups excluding carboxylic acids is 1. The number of amides is 1. The summed E-state index contributed by atoms with van der Waals surface area (Å²) in [6.45, 7) is 2.93. The Morgan fingerprint density at radius 1 is 1.19 bits per heavy atom. The molecule has 1 aliphatic heterocycles. The zero-order valence-electron chi connectivity index (χ0n) is 16.0. The number of hydrogen-bond donors (Lipinski definition) is 0. The first-order valence-corrected chi connectivity index (χ1v) is 9.73. The van der Waals surface area contributed by atoms with Crippen LogP contribution in [-0.2, 0) is 0 Å². The van der Waals surface area contributed by atoms with E-state index in [9.17, 15) is 9.59 Å². The molecule has 26 heavy (non-hydrogen) atoms. The van der Waals surface area contributed by atoms with Crippen LogP contribution in [0.2, 0.25) is 0 Å². The van der Waals surface area contributed by atoms with Crippen molar-refractivity contribution in [3.63, 3.8) is 0 Å². The number of likely N-dealkylation sites (tertiary alicyclic amines) is 1. The lowest BCUT2D eigenvalue weighted by Gasteiger charge is -2.49. The molecule has 0 unspecified atom stereocenters. The molecule has 6 heteroatoms. The van der Waals surface area contributed by atoms with Crippen LogP contribution in [0.4, 0.5) is 0 Å². The molecule has 0 radical (unpaired) electrons. The first kappa shape index (κ1) is 19.0. The molecule has 0 aromatic carbocycles. The lowest BCUT2D eigenvalue weighted by Crippen LogP contribution is -2.58. The molecule has 0 spiro atoms. The Labute approximate surface area is 155 Å². The summed E-state index contributed by atoms with van der Waals surface area (Å²) < 4.78 is 10.3. The summed E-state index contributed by atoms with van der Waals surface area (Å²) in [5, 5.41) is 0. The number of hydrogen-bond acceptors (Lipinski definition) is 5. The first-order valence-electron chi connectivity index (χ1n) is 9.73. The molecule has 3 rings (SSSR count). The highest BCUT2D eigenvalue weighted by atomic mass is 16.5. The predicted octanol–water partition coefficient (Wildman–Crippen LogP) is 2.91. The van der Waals surface area contributed by atoms with Gasteiger partial charge in [-0.15, -0.1) is 0 Å². The molecule has 1 amide bonds. The van der Waals surface area contributed by atoms with Gasteiger partial charge in [-0.2, -0.15) is 0 Å². The highest BCUT2D eigenvalue weighted by molar-refractivity contribution is 5.91. The summed E-state index contributed by atoms with van der Waals surface area (Å²) in [6, 6.07) is 1.23. The van der Waals surface area contributed by atoms with Gasteiger partial charge < -0.3 is 14.1 Å². The maximum Gasteiger partial charge on any atom is 0.289 e. The molecule has 6 nitrogen and oxygen atoms in total. The molecular weight excluding hydrogens is 332 g/mol. The summed E-state index contributed by atoms with van der Waals surface area (Å²) in [7, 11) is 3.22. The number of rotatable bonds is 5. The molecule has 1 saturated carbocycles. The largest absolute Gasteiger partial charge is 0.490 e. The normalized spacial score (nSPS) is 20.5. The van der Waals surface area contributed by atoms with Crippen molar-refractivity contribution < 1.29 is 13.9 Å². The Balaban J connectivity index is 1.76. The molecule has 0 N–H and O–H groups in total. The molecule has 1 saturated heterocycles.